The summed E-state index contributed by atoms with van der Waals surface area (Å²) in [5, 5.41) is 0. The Kier molecular flexibility index (Phi) is 4.97. The van der Waals surface area contributed by atoms with Crippen molar-refractivity contribution in [3.8, 4) is 0 Å². The van der Waals surface area contributed by atoms with E-state index in [-0.39, 0.29) is 23.2 Å². The maximum absolute atomic E-state index is 13.3. The van der Waals surface area contributed by atoms with Crippen molar-refractivity contribution in [1.29, 1.82) is 0 Å². The molecule has 0 aromatic heterocycles. The maximum Gasteiger partial charge on any atom is 0.340 e. The fourth-order valence-electron chi connectivity index (χ4n) is 4.30. The first-order chi connectivity index (χ1) is 14.0. The summed E-state index contributed by atoms with van der Waals surface area (Å²) in [5.74, 6) is -0.620. The van der Waals surface area contributed by atoms with E-state index >= 15 is 0 Å². The fourth-order valence-corrected chi connectivity index (χ4v) is 4.30. The molecule has 29 heavy (non-hydrogen) atoms. The minimum atomic E-state index is -0.586. The number of hydrogen-bond acceptors (Lipinski definition) is 5. The van der Waals surface area contributed by atoms with Crippen LogP contribution in [-0.2, 0) is 19.1 Å². The molecular formula is C24H23NO4. The van der Waals surface area contributed by atoms with Crippen LogP contribution in [0.3, 0.4) is 0 Å². The van der Waals surface area contributed by atoms with Crippen LogP contribution in [0.2, 0.25) is 0 Å². The van der Waals surface area contributed by atoms with Gasteiger partial charge >= 0.3 is 5.97 Å². The molecule has 5 nitrogen and oxygen atoms in total. The molecule has 0 fully saturated rings. The Morgan fingerprint density at radius 1 is 1.07 bits per heavy atom. The van der Waals surface area contributed by atoms with Crippen molar-refractivity contribution < 1.29 is 19.1 Å². The quantitative estimate of drug-likeness (QED) is 0.807. The number of nitrogens with two attached hydrogens (primary N) is 1. The number of carbonyl (C=O) groups excluding carboxylic acids is 2. The van der Waals surface area contributed by atoms with Gasteiger partial charge in [0, 0.05) is 18.4 Å². The Bertz CT molecular complexity index is 1040. The second-order valence-corrected chi connectivity index (χ2v) is 7.44. The molecule has 5 heteroatoms. The number of ether oxygens (including phenoxy) is 2. The lowest BCUT2D eigenvalue weighted by Crippen LogP contribution is -2.33. The summed E-state index contributed by atoms with van der Waals surface area (Å²) in [6.07, 6.45) is 0.922. The van der Waals surface area contributed by atoms with Crippen LogP contribution in [0.4, 0.5) is 0 Å². The molecule has 0 amide bonds. The summed E-state index contributed by atoms with van der Waals surface area (Å²) in [6, 6.07) is 17.6. The number of esters is 1. The number of benzene rings is 2. The van der Waals surface area contributed by atoms with Gasteiger partial charge in [-0.3, -0.25) is 4.79 Å². The van der Waals surface area contributed by atoms with Crippen molar-refractivity contribution in [3.05, 3.63) is 94.1 Å². The highest BCUT2D eigenvalue weighted by Gasteiger charge is 2.43. The molecule has 2 aromatic carbocycles. The molecule has 148 valence electrons. The summed E-state index contributed by atoms with van der Waals surface area (Å²) in [7, 11) is 1.30. The zero-order valence-electron chi connectivity index (χ0n) is 16.5. The molecule has 0 saturated carbocycles. The van der Waals surface area contributed by atoms with Crippen molar-refractivity contribution in [1.82, 2.24) is 0 Å². The standard InChI is InChI=1S/C24H23NO4/c1-14-8-6-7-11-17(14)20-21-18(26)12-16(15-9-4-3-5-10-15)13-19(21)29-23(25)22(20)24(27)28-2/h3-11,16,20H,12-13,25H2,1-2H3/t16-,20+/m0/s1. The second-order valence-electron chi connectivity index (χ2n) is 7.44. The Morgan fingerprint density at radius 3 is 2.45 bits per heavy atom. The summed E-state index contributed by atoms with van der Waals surface area (Å²) in [5.41, 5.74) is 9.80. The van der Waals surface area contributed by atoms with Crippen LogP contribution in [0.5, 0.6) is 0 Å². The molecular weight excluding hydrogens is 366 g/mol. The van der Waals surface area contributed by atoms with Gasteiger partial charge in [0.2, 0.25) is 5.88 Å². The predicted octanol–water partition coefficient (Wildman–Crippen LogP) is 3.85. The molecule has 0 bridgehead atoms. The topological polar surface area (TPSA) is 78.6 Å². The molecule has 2 N–H and O–H groups in total. The third-order valence-electron chi connectivity index (χ3n) is 5.72. The van der Waals surface area contributed by atoms with Crippen LogP contribution >= 0.6 is 0 Å². The van der Waals surface area contributed by atoms with Crippen LogP contribution in [0, 0.1) is 6.92 Å². The summed E-state index contributed by atoms with van der Waals surface area (Å²) in [4.78, 5) is 25.9. The molecule has 1 heterocycles. The number of rotatable bonds is 3. The van der Waals surface area contributed by atoms with Gasteiger partial charge in [-0.15, -0.1) is 0 Å². The maximum atomic E-state index is 13.3. The molecule has 0 saturated heterocycles. The van der Waals surface area contributed by atoms with Gasteiger partial charge < -0.3 is 15.2 Å². The van der Waals surface area contributed by atoms with E-state index in [9.17, 15) is 9.59 Å². The SMILES string of the molecule is COC(=O)C1=C(N)OC2=C(C(=O)C[C@H](c3ccccc3)C2)[C@H]1c1ccccc1C. The number of hydrogen-bond donors (Lipinski definition) is 1. The highest BCUT2D eigenvalue weighted by molar-refractivity contribution is 6.03. The molecule has 1 aliphatic carbocycles. The normalized spacial score (nSPS) is 21.5. The summed E-state index contributed by atoms with van der Waals surface area (Å²) in [6.45, 7) is 1.95. The van der Waals surface area contributed by atoms with Crippen molar-refractivity contribution in [3.63, 3.8) is 0 Å². The zero-order chi connectivity index (χ0) is 20.5. The molecule has 4 rings (SSSR count). The number of Topliss-reactive ketones (excluding diaryl/α,β-unsaturated/α-hetero) is 1. The Morgan fingerprint density at radius 2 is 1.76 bits per heavy atom. The molecule has 0 spiro atoms. The highest BCUT2D eigenvalue weighted by atomic mass is 16.5. The zero-order valence-corrected chi connectivity index (χ0v) is 16.5. The molecule has 0 unspecified atom stereocenters. The minimum absolute atomic E-state index is 0.00497. The first-order valence-corrected chi connectivity index (χ1v) is 9.63. The van der Waals surface area contributed by atoms with Crippen LogP contribution < -0.4 is 5.73 Å². The number of ketones is 1. The monoisotopic (exact) mass is 389 g/mol. The number of carbonyl (C=O) groups is 2. The van der Waals surface area contributed by atoms with Gasteiger partial charge in [-0.1, -0.05) is 54.6 Å². The smallest absolute Gasteiger partial charge is 0.340 e. The van der Waals surface area contributed by atoms with Gasteiger partial charge in [-0.2, -0.15) is 0 Å². The Hall–Kier alpha value is -3.34. The first kappa shape index (κ1) is 19.0. The highest BCUT2D eigenvalue weighted by Crippen LogP contribution is 2.47. The molecule has 1 aliphatic heterocycles. The largest absolute Gasteiger partial charge is 0.465 e. The molecule has 0 radical (unpaired) electrons. The van der Waals surface area contributed by atoms with Gasteiger partial charge in [0.05, 0.1) is 13.0 Å². The first-order valence-electron chi connectivity index (χ1n) is 9.63. The van der Waals surface area contributed by atoms with Crippen LogP contribution in [0.15, 0.2) is 77.4 Å². The fraction of sp³-hybridized carbons (Fsp3) is 0.250. The van der Waals surface area contributed by atoms with E-state index in [0.29, 0.717) is 24.2 Å². The lowest BCUT2D eigenvalue weighted by atomic mass is 9.72. The van der Waals surface area contributed by atoms with Crippen molar-refractivity contribution in [2.24, 2.45) is 5.73 Å². The third-order valence-corrected chi connectivity index (χ3v) is 5.72. The molecule has 2 aromatic rings. The van der Waals surface area contributed by atoms with Gasteiger partial charge in [-0.05, 0) is 29.5 Å². The van der Waals surface area contributed by atoms with Crippen LogP contribution in [-0.4, -0.2) is 18.9 Å². The number of allylic oxidation sites excluding steroid dienone is 2. The van der Waals surface area contributed by atoms with E-state index in [0.717, 1.165) is 16.7 Å². The van der Waals surface area contributed by atoms with E-state index < -0.39 is 11.9 Å². The van der Waals surface area contributed by atoms with Crippen molar-refractivity contribution in [2.45, 2.75) is 31.6 Å². The second kappa shape index (κ2) is 7.59. The Labute approximate surface area is 169 Å². The van der Waals surface area contributed by atoms with Gasteiger partial charge in [0.25, 0.3) is 0 Å². The van der Waals surface area contributed by atoms with E-state index in [1.165, 1.54) is 7.11 Å². The van der Waals surface area contributed by atoms with E-state index in [4.69, 9.17) is 15.2 Å². The lowest BCUT2D eigenvalue weighted by molar-refractivity contribution is -0.136. The van der Waals surface area contributed by atoms with Gasteiger partial charge in [0.1, 0.15) is 11.3 Å². The number of methoxy groups -OCH3 is 1. The molecule has 2 aliphatic rings. The van der Waals surface area contributed by atoms with Crippen molar-refractivity contribution in [2.75, 3.05) is 7.11 Å². The summed E-state index contributed by atoms with van der Waals surface area (Å²) < 4.78 is 10.8. The van der Waals surface area contributed by atoms with E-state index in [1.807, 2.05) is 61.5 Å². The summed E-state index contributed by atoms with van der Waals surface area (Å²) >= 11 is 0. The average Bonchev–Trinajstić information content (AvgIpc) is 2.73. The Balaban J connectivity index is 1.84. The minimum Gasteiger partial charge on any atom is -0.465 e. The predicted molar refractivity (Wildman–Crippen MR) is 109 cm³/mol. The van der Waals surface area contributed by atoms with E-state index in [2.05, 4.69) is 0 Å². The van der Waals surface area contributed by atoms with Crippen molar-refractivity contribution >= 4 is 11.8 Å². The van der Waals surface area contributed by atoms with E-state index in [1.54, 1.807) is 0 Å². The van der Waals surface area contributed by atoms with Crippen LogP contribution in [0.1, 0.15) is 41.4 Å². The van der Waals surface area contributed by atoms with Gasteiger partial charge in [0.15, 0.2) is 5.78 Å². The molecule has 2 atom stereocenters. The third kappa shape index (κ3) is 3.33. The average molecular weight is 389 g/mol. The number of aryl methyl sites for hydroxylation is 1. The van der Waals surface area contributed by atoms with Crippen LogP contribution in [0.25, 0.3) is 0 Å². The van der Waals surface area contributed by atoms with Gasteiger partial charge in [-0.25, -0.2) is 4.79 Å². The lowest BCUT2D eigenvalue weighted by Gasteiger charge is -2.35.